The minimum absolute atomic E-state index is 0.446. The molecule has 0 spiro atoms. The van der Waals surface area contributed by atoms with Gasteiger partial charge in [0.1, 0.15) is 10.8 Å². The molecular weight excluding hydrogens is 416 g/mol. The van der Waals surface area contributed by atoms with Crippen molar-refractivity contribution in [3.8, 4) is 10.6 Å². The predicted octanol–water partition coefficient (Wildman–Crippen LogP) is 6.31. The van der Waals surface area contributed by atoms with Crippen molar-refractivity contribution in [1.82, 2.24) is 19.9 Å². The summed E-state index contributed by atoms with van der Waals surface area (Å²) in [7, 11) is 0. The molecule has 1 saturated carbocycles. The number of aryl methyl sites for hydroxylation is 3. The molecule has 32 heavy (non-hydrogen) atoms. The largest absolute Gasteiger partial charge is 0.367 e. The minimum atomic E-state index is 0.446. The summed E-state index contributed by atoms with van der Waals surface area (Å²) in [6, 6.07) is 4.48. The number of hydrogen-bond acceptors (Lipinski definition) is 7. The summed E-state index contributed by atoms with van der Waals surface area (Å²) in [5.74, 6) is 2.27. The lowest BCUT2D eigenvalue weighted by Crippen LogP contribution is -2.18. The van der Waals surface area contributed by atoms with Gasteiger partial charge >= 0.3 is 0 Å². The number of anilines is 3. The van der Waals surface area contributed by atoms with E-state index in [0.29, 0.717) is 12.0 Å². The highest BCUT2D eigenvalue weighted by molar-refractivity contribution is 7.15. The van der Waals surface area contributed by atoms with Gasteiger partial charge in [0.15, 0.2) is 0 Å². The first kappa shape index (κ1) is 21.1. The van der Waals surface area contributed by atoms with Crippen LogP contribution in [0.2, 0.25) is 0 Å². The molecule has 0 amide bonds. The Balaban J connectivity index is 1.48. The number of thiazole rings is 1. The van der Waals surface area contributed by atoms with Crippen molar-refractivity contribution in [2.75, 3.05) is 10.6 Å². The monoisotopic (exact) mass is 446 g/mol. The standard InChI is InChI=1S/C25H30N6S/c1-4-17-9-10-18(13-17)28-23-20(24-30-21-7-5-6-8-22(21)32-24)14-26-25(31-23)29-19-11-15(2)27-16(3)12-19/h5,7,11-12,14,17-18H,4,6,8-10,13H2,1-3H3,(H2,26,27,28,29,31). The Morgan fingerprint density at radius 2 is 1.94 bits per heavy atom. The summed E-state index contributed by atoms with van der Waals surface area (Å²) < 4.78 is 0. The predicted molar refractivity (Wildman–Crippen MR) is 133 cm³/mol. The van der Waals surface area contributed by atoms with Gasteiger partial charge in [-0.2, -0.15) is 4.98 Å². The highest BCUT2D eigenvalue weighted by Gasteiger charge is 2.25. The number of hydrogen-bond donors (Lipinski definition) is 2. The molecule has 0 aromatic carbocycles. The second-order valence-corrected chi connectivity index (χ2v) is 10.0. The fourth-order valence-corrected chi connectivity index (χ4v) is 5.79. The third kappa shape index (κ3) is 4.53. The second-order valence-electron chi connectivity index (χ2n) is 8.92. The van der Waals surface area contributed by atoms with Crippen molar-refractivity contribution in [3.05, 3.63) is 46.4 Å². The van der Waals surface area contributed by atoms with Crippen LogP contribution in [0.3, 0.4) is 0 Å². The van der Waals surface area contributed by atoms with Gasteiger partial charge in [-0.05, 0) is 70.1 Å². The number of nitrogens with one attached hydrogen (secondary N) is 2. The van der Waals surface area contributed by atoms with Crippen LogP contribution in [0.5, 0.6) is 0 Å². The lowest BCUT2D eigenvalue weighted by molar-refractivity contribution is 0.524. The average Bonchev–Trinajstić information content (AvgIpc) is 3.40. The van der Waals surface area contributed by atoms with Crippen molar-refractivity contribution in [2.45, 2.75) is 65.3 Å². The van der Waals surface area contributed by atoms with E-state index in [2.05, 4.69) is 39.7 Å². The fraction of sp³-hybridized carbons (Fsp3) is 0.440. The molecule has 2 unspecified atom stereocenters. The summed E-state index contributed by atoms with van der Waals surface area (Å²) in [4.78, 5) is 20.3. The zero-order chi connectivity index (χ0) is 22.1. The maximum absolute atomic E-state index is 4.92. The van der Waals surface area contributed by atoms with Gasteiger partial charge in [-0.15, -0.1) is 11.3 Å². The number of rotatable bonds is 6. The van der Waals surface area contributed by atoms with Gasteiger partial charge in [0.25, 0.3) is 0 Å². The van der Waals surface area contributed by atoms with Crippen molar-refractivity contribution in [3.63, 3.8) is 0 Å². The number of fused-ring (bicyclic) bond motifs is 1. The molecule has 0 bridgehead atoms. The first-order chi connectivity index (χ1) is 15.6. The summed E-state index contributed by atoms with van der Waals surface area (Å²) in [6.07, 6.45) is 13.3. The van der Waals surface area contributed by atoms with Gasteiger partial charge in [0, 0.05) is 34.2 Å². The molecule has 0 saturated heterocycles. The summed E-state index contributed by atoms with van der Waals surface area (Å²) >= 11 is 1.77. The molecular formula is C25H30N6S. The van der Waals surface area contributed by atoms with E-state index in [-0.39, 0.29) is 0 Å². The molecule has 2 aliphatic carbocycles. The summed E-state index contributed by atoms with van der Waals surface area (Å²) in [5.41, 5.74) is 4.99. The van der Waals surface area contributed by atoms with Crippen LogP contribution in [0.25, 0.3) is 16.6 Å². The van der Waals surface area contributed by atoms with Crippen LogP contribution in [0.15, 0.2) is 24.4 Å². The van der Waals surface area contributed by atoms with Crippen LogP contribution < -0.4 is 10.6 Å². The quantitative estimate of drug-likeness (QED) is 0.462. The van der Waals surface area contributed by atoms with Crippen LogP contribution in [0, 0.1) is 19.8 Å². The lowest BCUT2D eigenvalue weighted by Gasteiger charge is -2.17. The molecule has 0 aliphatic heterocycles. The van der Waals surface area contributed by atoms with Crippen molar-refractivity contribution in [2.24, 2.45) is 5.92 Å². The molecule has 2 atom stereocenters. The number of pyridine rings is 1. The Morgan fingerprint density at radius 3 is 2.69 bits per heavy atom. The fourth-order valence-electron chi connectivity index (χ4n) is 4.71. The lowest BCUT2D eigenvalue weighted by atomic mass is 10.1. The Hall–Kier alpha value is -2.80. The summed E-state index contributed by atoms with van der Waals surface area (Å²) in [5, 5.41) is 8.11. The maximum Gasteiger partial charge on any atom is 0.229 e. The van der Waals surface area contributed by atoms with E-state index in [1.807, 2.05) is 32.2 Å². The van der Waals surface area contributed by atoms with Gasteiger partial charge in [-0.1, -0.05) is 19.4 Å². The zero-order valence-corrected chi connectivity index (χ0v) is 19.8. The molecule has 5 rings (SSSR count). The van der Waals surface area contributed by atoms with Crippen molar-refractivity contribution in [1.29, 1.82) is 0 Å². The molecule has 2 aliphatic rings. The molecule has 166 valence electrons. The SMILES string of the molecule is CCC1CCC(Nc2nc(Nc3cc(C)nc(C)c3)ncc2-c2nc3c(s2)CCC=C3)C1. The molecule has 7 heteroatoms. The van der Waals surface area contributed by atoms with Crippen molar-refractivity contribution >= 4 is 34.9 Å². The first-order valence-electron chi connectivity index (χ1n) is 11.6. The van der Waals surface area contributed by atoms with Crippen molar-refractivity contribution < 1.29 is 0 Å². The van der Waals surface area contributed by atoms with Gasteiger partial charge in [-0.25, -0.2) is 9.97 Å². The van der Waals surface area contributed by atoms with E-state index in [0.717, 1.165) is 57.9 Å². The third-order valence-corrected chi connectivity index (χ3v) is 7.52. The molecule has 3 aromatic heterocycles. The number of nitrogens with zero attached hydrogens (tertiary/aromatic N) is 4. The molecule has 1 fully saturated rings. The van der Waals surface area contributed by atoms with Gasteiger partial charge in [0.2, 0.25) is 5.95 Å². The first-order valence-corrected chi connectivity index (χ1v) is 12.4. The maximum atomic E-state index is 4.92. The Bertz CT molecular complexity index is 1130. The van der Waals surface area contributed by atoms with E-state index < -0.39 is 0 Å². The van der Waals surface area contributed by atoms with E-state index >= 15 is 0 Å². The number of aromatic nitrogens is 4. The third-order valence-electron chi connectivity index (χ3n) is 6.36. The molecule has 0 radical (unpaired) electrons. The Labute approximate surface area is 193 Å². The highest BCUT2D eigenvalue weighted by Crippen LogP contribution is 2.37. The van der Waals surface area contributed by atoms with E-state index in [1.165, 1.54) is 30.6 Å². The highest BCUT2D eigenvalue weighted by atomic mass is 32.1. The Kier molecular flexibility index (Phi) is 5.91. The average molecular weight is 447 g/mol. The molecule has 2 N–H and O–H groups in total. The van der Waals surface area contributed by atoms with E-state index in [9.17, 15) is 0 Å². The summed E-state index contributed by atoms with van der Waals surface area (Å²) in [6.45, 7) is 6.29. The molecule has 6 nitrogen and oxygen atoms in total. The second kappa shape index (κ2) is 8.98. The van der Waals surface area contributed by atoms with Crippen LogP contribution in [-0.2, 0) is 6.42 Å². The van der Waals surface area contributed by atoms with Crippen LogP contribution in [0.1, 0.15) is 61.0 Å². The van der Waals surface area contributed by atoms with Gasteiger partial charge < -0.3 is 10.6 Å². The smallest absolute Gasteiger partial charge is 0.229 e. The van der Waals surface area contributed by atoms with Crippen LogP contribution in [-0.4, -0.2) is 26.0 Å². The zero-order valence-electron chi connectivity index (χ0n) is 19.0. The van der Waals surface area contributed by atoms with E-state index in [1.54, 1.807) is 11.3 Å². The molecule has 3 heterocycles. The molecule has 3 aromatic rings. The van der Waals surface area contributed by atoms with Crippen LogP contribution in [0.4, 0.5) is 17.5 Å². The van der Waals surface area contributed by atoms with Gasteiger partial charge in [0.05, 0.1) is 11.3 Å². The van der Waals surface area contributed by atoms with Gasteiger partial charge in [-0.3, -0.25) is 4.98 Å². The van der Waals surface area contributed by atoms with E-state index in [4.69, 9.17) is 9.97 Å². The number of allylic oxidation sites excluding steroid dienone is 1. The normalized spacial score (nSPS) is 19.7. The Morgan fingerprint density at radius 1 is 1.09 bits per heavy atom. The topological polar surface area (TPSA) is 75.6 Å². The minimum Gasteiger partial charge on any atom is -0.367 e. The van der Waals surface area contributed by atoms with Crippen LogP contribution >= 0.6 is 11.3 Å².